The average molecular weight is 338 g/mol. The highest BCUT2D eigenvalue weighted by molar-refractivity contribution is 7.98. The summed E-state index contributed by atoms with van der Waals surface area (Å²) in [6, 6.07) is 20.0. The van der Waals surface area contributed by atoms with Crippen LogP contribution in [0.25, 0.3) is 0 Å². The van der Waals surface area contributed by atoms with Crippen LogP contribution >= 0.6 is 11.8 Å². The largest absolute Gasteiger partial charge is 0.334 e. The van der Waals surface area contributed by atoms with E-state index in [0.717, 1.165) is 17.0 Å². The van der Waals surface area contributed by atoms with Crippen LogP contribution in [0.2, 0.25) is 0 Å². The summed E-state index contributed by atoms with van der Waals surface area (Å²) in [6.07, 6.45) is 0. The molecule has 3 aromatic rings. The quantitative estimate of drug-likeness (QED) is 0.312. The number of aromatic nitrogens is 3. The van der Waals surface area contributed by atoms with Crippen LogP contribution in [-0.2, 0) is 5.75 Å². The summed E-state index contributed by atoms with van der Waals surface area (Å²) in [5, 5.41) is 13.1. The molecule has 0 fully saturated rings. The van der Waals surface area contributed by atoms with Crippen LogP contribution < -0.4 is 11.3 Å². The molecule has 0 atom stereocenters. The first kappa shape index (κ1) is 16.1. The van der Waals surface area contributed by atoms with Gasteiger partial charge in [0.15, 0.2) is 0 Å². The number of hydrazone groups is 1. The molecule has 3 N–H and O–H groups in total. The Labute approximate surface area is 144 Å². The zero-order valence-corrected chi connectivity index (χ0v) is 14.1. The summed E-state index contributed by atoms with van der Waals surface area (Å²) in [6.45, 7) is 1.92. The first-order chi connectivity index (χ1) is 11.7. The zero-order valence-electron chi connectivity index (χ0n) is 13.3. The molecule has 2 aromatic carbocycles. The van der Waals surface area contributed by atoms with Gasteiger partial charge in [-0.3, -0.25) is 0 Å². The van der Waals surface area contributed by atoms with Gasteiger partial charge in [0.25, 0.3) is 5.95 Å². The molecule has 0 aliphatic rings. The van der Waals surface area contributed by atoms with Crippen molar-refractivity contribution < 1.29 is 0 Å². The molecule has 3 rings (SSSR count). The molecule has 0 aliphatic heterocycles. The van der Waals surface area contributed by atoms with Gasteiger partial charge in [-0.05, 0) is 18.1 Å². The number of hydrogen-bond acceptors (Lipinski definition) is 6. The standard InChI is InChI=1S/C17H18N6S/c1-13(15-10-6-3-7-11-15)19-20-16-21-22-17(23(16)18)24-12-14-8-4-2-5-9-14/h2-11H,12,18H2,1H3,(H,20,21)/b19-13-. The molecule has 0 aliphatic carbocycles. The van der Waals surface area contributed by atoms with Gasteiger partial charge in [-0.15, -0.1) is 10.2 Å². The SMILES string of the molecule is C/C(=N/Nc1nnc(SCc2ccccc2)n1N)c1ccccc1. The minimum atomic E-state index is 0.404. The lowest BCUT2D eigenvalue weighted by Gasteiger charge is -2.04. The minimum absolute atomic E-state index is 0.404. The molecule has 7 heteroatoms. The Bertz CT molecular complexity index is 814. The lowest BCUT2D eigenvalue weighted by atomic mass is 10.1. The van der Waals surface area contributed by atoms with Crippen molar-refractivity contribution in [1.82, 2.24) is 14.9 Å². The molecule has 0 saturated carbocycles. The van der Waals surface area contributed by atoms with E-state index >= 15 is 0 Å². The van der Waals surface area contributed by atoms with Crippen LogP contribution in [0, 0.1) is 0 Å². The Morgan fingerprint density at radius 3 is 2.46 bits per heavy atom. The fourth-order valence-electron chi connectivity index (χ4n) is 2.05. The molecular weight excluding hydrogens is 320 g/mol. The maximum Gasteiger partial charge on any atom is 0.264 e. The molecular formula is C17H18N6S. The van der Waals surface area contributed by atoms with Gasteiger partial charge >= 0.3 is 0 Å². The van der Waals surface area contributed by atoms with Gasteiger partial charge < -0.3 is 5.84 Å². The van der Waals surface area contributed by atoms with Crippen molar-refractivity contribution in [3.8, 4) is 0 Å². The Hall–Kier alpha value is -2.80. The molecule has 0 radical (unpaired) electrons. The van der Waals surface area contributed by atoms with Crippen molar-refractivity contribution in [1.29, 1.82) is 0 Å². The van der Waals surface area contributed by atoms with Crippen molar-refractivity contribution in [3.63, 3.8) is 0 Å². The highest BCUT2D eigenvalue weighted by Gasteiger charge is 2.10. The molecule has 0 unspecified atom stereocenters. The van der Waals surface area contributed by atoms with Crippen molar-refractivity contribution in [2.24, 2.45) is 5.10 Å². The van der Waals surface area contributed by atoms with E-state index in [-0.39, 0.29) is 0 Å². The highest BCUT2D eigenvalue weighted by atomic mass is 32.2. The maximum absolute atomic E-state index is 6.03. The number of thioether (sulfide) groups is 1. The Morgan fingerprint density at radius 1 is 1.08 bits per heavy atom. The Balaban J connectivity index is 1.64. The van der Waals surface area contributed by atoms with E-state index in [0.29, 0.717) is 11.1 Å². The number of anilines is 1. The third-order valence-electron chi connectivity index (χ3n) is 3.39. The van der Waals surface area contributed by atoms with Crippen molar-refractivity contribution in [3.05, 3.63) is 71.8 Å². The van der Waals surface area contributed by atoms with Crippen LogP contribution in [0.4, 0.5) is 5.95 Å². The predicted octanol–water partition coefficient (Wildman–Crippen LogP) is 3.12. The van der Waals surface area contributed by atoms with Gasteiger partial charge in [-0.25, -0.2) is 10.1 Å². The second-order valence-electron chi connectivity index (χ2n) is 5.13. The number of nitrogens with one attached hydrogen (secondary N) is 1. The Morgan fingerprint density at radius 2 is 1.75 bits per heavy atom. The van der Waals surface area contributed by atoms with Crippen molar-refractivity contribution in [2.45, 2.75) is 17.8 Å². The first-order valence-electron chi connectivity index (χ1n) is 7.47. The normalized spacial score (nSPS) is 11.5. The number of benzene rings is 2. The highest BCUT2D eigenvalue weighted by Crippen LogP contribution is 2.21. The van der Waals surface area contributed by atoms with Gasteiger partial charge in [0.1, 0.15) is 0 Å². The summed E-state index contributed by atoms with van der Waals surface area (Å²) in [5.74, 6) is 7.22. The number of nitrogens with two attached hydrogens (primary N) is 1. The molecule has 0 spiro atoms. The van der Waals surface area contributed by atoms with E-state index in [9.17, 15) is 0 Å². The number of rotatable bonds is 6. The second kappa shape index (κ2) is 7.65. The monoisotopic (exact) mass is 338 g/mol. The lowest BCUT2D eigenvalue weighted by molar-refractivity contribution is 0.846. The summed E-state index contributed by atoms with van der Waals surface area (Å²) in [5.41, 5.74) is 5.95. The molecule has 122 valence electrons. The van der Waals surface area contributed by atoms with Crippen LogP contribution in [0.5, 0.6) is 0 Å². The number of nitrogen functional groups attached to an aromatic ring is 1. The molecule has 0 amide bonds. The maximum atomic E-state index is 6.03. The molecule has 0 saturated heterocycles. The van der Waals surface area contributed by atoms with Gasteiger partial charge in [-0.1, -0.05) is 72.4 Å². The molecule has 1 aromatic heterocycles. The van der Waals surface area contributed by atoms with Crippen molar-refractivity contribution in [2.75, 3.05) is 11.3 Å². The summed E-state index contributed by atoms with van der Waals surface area (Å²) >= 11 is 1.53. The van der Waals surface area contributed by atoms with E-state index in [1.165, 1.54) is 22.0 Å². The fourth-order valence-corrected chi connectivity index (χ4v) is 2.86. The van der Waals surface area contributed by atoms with E-state index in [2.05, 4.69) is 32.9 Å². The van der Waals surface area contributed by atoms with Crippen LogP contribution in [0.15, 0.2) is 70.9 Å². The number of nitrogens with zero attached hydrogens (tertiary/aromatic N) is 4. The van der Waals surface area contributed by atoms with E-state index in [1.807, 2.05) is 55.5 Å². The van der Waals surface area contributed by atoms with Crippen LogP contribution in [-0.4, -0.2) is 20.6 Å². The average Bonchev–Trinajstić information content (AvgIpc) is 2.99. The topological polar surface area (TPSA) is 81.1 Å². The zero-order chi connectivity index (χ0) is 16.8. The smallest absolute Gasteiger partial charge is 0.264 e. The summed E-state index contributed by atoms with van der Waals surface area (Å²) in [7, 11) is 0. The lowest BCUT2D eigenvalue weighted by Crippen LogP contribution is -2.13. The van der Waals surface area contributed by atoms with Crippen LogP contribution in [0.1, 0.15) is 18.1 Å². The molecule has 0 bridgehead atoms. The van der Waals surface area contributed by atoms with Crippen molar-refractivity contribution >= 4 is 23.4 Å². The van der Waals surface area contributed by atoms with E-state index in [1.54, 1.807) is 0 Å². The van der Waals surface area contributed by atoms with E-state index < -0.39 is 0 Å². The molecule has 1 heterocycles. The second-order valence-corrected chi connectivity index (χ2v) is 6.07. The number of hydrogen-bond donors (Lipinski definition) is 2. The van der Waals surface area contributed by atoms with Gasteiger partial charge in [0, 0.05) is 5.75 Å². The predicted molar refractivity (Wildman–Crippen MR) is 98.5 cm³/mol. The van der Waals surface area contributed by atoms with Gasteiger partial charge in [-0.2, -0.15) is 5.10 Å². The van der Waals surface area contributed by atoms with E-state index in [4.69, 9.17) is 5.84 Å². The third-order valence-corrected chi connectivity index (χ3v) is 4.40. The summed E-state index contributed by atoms with van der Waals surface area (Å²) in [4.78, 5) is 0. The van der Waals surface area contributed by atoms with Gasteiger partial charge in [0.2, 0.25) is 5.16 Å². The first-order valence-corrected chi connectivity index (χ1v) is 8.45. The third kappa shape index (κ3) is 3.94. The molecule has 6 nitrogen and oxygen atoms in total. The minimum Gasteiger partial charge on any atom is -0.334 e. The Kier molecular flexibility index (Phi) is 5.12. The van der Waals surface area contributed by atoms with Gasteiger partial charge in [0.05, 0.1) is 5.71 Å². The summed E-state index contributed by atoms with van der Waals surface area (Å²) < 4.78 is 1.41. The fraction of sp³-hybridized carbons (Fsp3) is 0.118. The van der Waals surface area contributed by atoms with Crippen LogP contribution in [0.3, 0.4) is 0 Å². The molecule has 24 heavy (non-hydrogen) atoms.